The van der Waals surface area contributed by atoms with Crippen molar-refractivity contribution >= 4 is 17.8 Å². The number of esters is 1. The van der Waals surface area contributed by atoms with Crippen LogP contribution in [-0.4, -0.2) is 36.1 Å². The minimum atomic E-state index is -0.919. The summed E-state index contributed by atoms with van der Waals surface area (Å²) in [4.78, 5) is 38.6. The first kappa shape index (κ1) is 26.2. The van der Waals surface area contributed by atoms with Gasteiger partial charge >= 0.3 is 5.97 Å². The fourth-order valence-electron chi connectivity index (χ4n) is 4.49. The number of hydroxylamine groups is 1. The summed E-state index contributed by atoms with van der Waals surface area (Å²) in [5.74, 6) is -1.56. The van der Waals surface area contributed by atoms with Crippen LogP contribution in [0, 0.1) is 17.8 Å². The van der Waals surface area contributed by atoms with Gasteiger partial charge in [-0.05, 0) is 67.0 Å². The fraction of sp³-hybridized carbons (Fsp3) is 0.444. The molecule has 5 rings (SSSR count). The molecule has 2 amide bonds. The lowest BCUT2D eigenvalue weighted by atomic mass is 9.80. The molecular formula is C27H34N2O6. The summed E-state index contributed by atoms with van der Waals surface area (Å²) in [6.07, 6.45) is 2.39. The van der Waals surface area contributed by atoms with Crippen molar-refractivity contribution in [3.05, 3.63) is 59.7 Å². The van der Waals surface area contributed by atoms with Crippen molar-refractivity contribution in [1.29, 1.82) is 0 Å². The second-order valence-corrected chi connectivity index (χ2v) is 9.39. The molecule has 3 atom stereocenters. The summed E-state index contributed by atoms with van der Waals surface area (Å²) in [5, 5.41) is 12.2. The second-order valence-electron chi connectivity index (χ2n) is 9.39. The van der Waals surface area contributed by atoms with Gasteiger partial charge < -0.3 is 14.8 Å². The minimum Gasteiger partial charge on any atom is -0.467 e. The highest BCUT2D eigenvalue weighted by Gasteiger charge is 2.36. The van der Waals surface area contributed by atoms with Crippen LogP contribution in [0.2, 0.25) is 0 Å². The second kappa shape index (κ2) is 12.4. The minimum absolute atomic E-state index is 0.120. The number of amides is 2. The molecule has 35 heavy (non-hydrogen) atoms. The van der Waals surface area contributed by atoms with Crippen LogP contribution >= 0.6 is 0 Å². The molecular weight excluding hydrogens is 448 g/mol. The summed E-state index contributed by atoms with van der Waals surface area (Å²) in [6.45, 7) is 3.94. The largest absolute Gasteiger partial charge is 0.467 e. The smallest absolute Gasteiger partial charge is 0.328 e. The number of carbonyl (C=O) groups is 3. The molecule has 8 heteroatoms. The molecule has 3 aliphatic rings. The van der Waals surface area contributed by atoms with Crippen molar-refractivity contribution in [2.24, 2.45) is 17.8 Å². The Morgan fingerprint density at radius 3 is 2.23 bits per heavy atom. The number of benzene rings is 2. The summed E-state index contributed by atoms with van der Waals surface area (Å²) < 4.78 is 10.9. The van der Waals surface area contributed by atoms with Gasteiger partial charge in [-0.3, -0.25) is 14.8 Å². The van der Waals surface area contributed by atoms with Crippen molar-refractivity contribution in [3.63, 3.8) is 0 Å². The maximum absolute atomic E-state index is 13.5. The lowest BCUT2D eigenvalue weighted by molar-refractivity contribution is -0.147. The molecule has 3 N–H and O–H groups in total. The summed E-state index contributed by atoms with van der Waals surface area (Å²) >= 11 is 0. The zero-order valence-electron chi connectivity index (χ0n) is 20.5. The molecule has 188 valence electrons. The number of carbonyl (C=O) groups excluding carboxylic acids is 3. The molecule has 0 unspecified atom stereocenters. The van der Waals surface area contributed by atoms with E-state index in [1.54, 1.807) is 5.48 Å². The van der Waals surface area contributed by atoms with E-state index >= 15 is 0 Å². The number of methoxy groups -OCH3 is 1. The monoisotopic (exact) mass is 482 g/mol. The molecule has 0 aromatic heterocycles. The molecule has 3 heterocycles. The van der Waals surface area contributed by atoms with Crippen molar-refractivity contribution in [2.45, 2.75) is 52.0 Å². The third kappa shape index (κ3) is 7.29. The third-order valence-corrected chi connectivity index (χ3v) is 6.30. The van der Waals surface area contributed by atoms with Crippen LogP contribution in [0.5, 0.6) is 11.5 Å². The molecule has 2 aromatic rings. The van der Waals surface area contributed by atoms with Gasteiger partial charge in [-0.1, -0.05) is 38.1 Å². The van der Waals surface area contributed by atoms with E-state index in [0.29, 0.717) is 37.2 Å². The van der Waals surface area contributed by atoms with Gasteiger partial charge in [0.1, 0.15) is 17.5 Å². The third-order valence-electron chi connectivity index (χ3n) is 6.30. The van der Waals surface area contributed by atoms with Crippen LogP contribution in [0.4, 0.5) is 0 Å². The number of hydrogen-bond donors (Lipinski definition) is 3. The molecule has 0 aliphatic carbocycles. The van der Waals surface area contributed by atoms with Gasteiger partial charge in [0.2, 0.25) is 11.8 Å². The van der Waals surface area contributed by atoms with Crippen molar-refractivity contribution in [3.8, 4) is 11.5 Å². The summed E-state index contributed by atoms with van der Waals surface area (Å²) in [7, 11) is 1.27. The Balaban J connectivity index is 1.98. The van der Waals surface area contributed by atoms with Crippen molar-refractivity contribution < 1.29 is 29.1 Å². The molecule has 0 saturated carbocycles. The Morgan fingerprint density at radius 1 is 1.09 bits per heavy atom. The Bertz CT molecular complexity index is 1000. The highest BCUT2D eigenvalue weighted by molar-refractivity contribution is 5.90. The fourth-order valence-corrected chi connectivity index (χ4v) is 4.49. The summed E-state index contributed by atoms with van der Waals surface area (Å²) in [5.41, 5.74) is 3.63. The topological polar surface area (TPSA) is 114 Å². The number of hydrogen-bond acceptors (Lipinski definition) is 6. The van der Waals surface area contributed by atoms with Crippen LogP contribution in [0.15, 0.2) is 48.5 Å². The van der Waals surface area contributed by atoms with E-state index in [1.807, 2.05) is 62.4 Å². The number of aryl methyl sites for hydroxylation is 1. The van der Waals surface area contributed by atoms with Gasteiger partial charge in [-0.15, -0.1) is 0 Å². The molecule has 8 nitrogen and oxygen atoms in total. The average Bonchev–Trinajstić information content (AvgIpc) is 2.85. The van der Waals surface area contributed by atoms with E-state index in [4.69, 9.17) is 9.47 Å². The highest BCUT2D eigenvalue weighted by atomic mass is 16.5. The van der Waals surface area contributed by atoms with Gasteiger partial charge in [-0.2, -0.15) is 0 Å². The highest BCUT2D eigenvalue weighted by Crippen LogP contribution is 2.28. The molecule has 4 bridgehead atoms. The van der Waals surface area contributed by atoms with Crippen molar-refractivity contribution in [2.75, 3.05) is 7.11 Å². The normalized spacial score (nSPS) is 20.9. The first-order valence-corrected chi connectivity index (χ1v) is 12.0. The van der Waals surface area contributed by atoms with E-state index < -0.39 is 35.7 Å². The predicted octanol–water partition coefficient (Wildman–Crippen LogP) is 3.80. The van der Waals surface area contributed by atoms with Crippen LogP contribution in [0.1, 0.15) is 44.2 Å². The Morgan fingerprint density at radius 2 is 1.69 bits per heavy atom. The predicted molar refractivity (Wildman–Crippen MR) is 130 cm³/mol. The Labute approximate surface area is 206 Å². The molecule has 0 fully saturated rings. The van der Waals surface area contributed by atoms with E-state index in [2.05, 4.69) is 5.32 Å². The van der Waals surface area contributed by atoms with Gasteiger partial charge in [0, 0.05) is 12.3 Å². The average molecular weight is 483 g/mol. The Hall–Kier alpha value is -3.39. The van der Waals surface area contributed by atoms with Crippen LogP contribution in [0.25, 0.3) is 0 Å². The van der Waals surface area contributed by atoms with Gasteiger partial charge in [0.25, 0.3) is 0 Å². The zero-order valence-corrected chi connectivity index (χ0v) is 20.5. The quantitative estimate of drug-likeness (QED) is 0.347. The summed E-state index contributed by atoms with van der Waals surface area (Å²) in [6, 6.07) is 14.1. The zero-order chi connectivity index (χ0) is 25.4. The number of ether oxygens (including phenoxy) is 2. The van der Waals surface area contributed by atoms with E-state index in [1.165, 1.54) is 7.11 Å². The molecule has 0 spiro atoms. The molecule has 2 aromatic carbocycles. The molecule has 3 aliphatic heterocycles. The van der Waals surface area contributed by atoms with Gasteiger partial charge in [-0.25, -0.2) is 10.3 Å². The van der Waals surface area contributed by atoms with E-state index in [0.717, 1.165) is 11.1 Å². The van der Waals surface area contributed by atoms with E-state index in [-0.39, 0.29) is 12.3 Å². The number of rotatable bonds is 4. The standard InChI is InChI=1S/C27H34N2O6/c1-17(2)15-23-22(26(31)29-33)6-4-5-18-7-11-20(12-8-18)35-21-13-9-19(10-14-21)16-24(27(32)34-3)28-25(23)30/h7-14,17,22-24,33H,4-6,15-16H2,1-3H3,(H,28,30)(H,29,31)/t22-,23+,24-/m0/s1. The van der Waals surface area contributed by atoms with Crippen LogP contribution in [0.3, 0.4) is 0 Å². The van der Waals surface area contributed by atoms with Crippen molar-refractivity contribution in [1.82, 2.24) is 10.8 Å². The van der Waals surface area contributed by atoms with E-state index in [9.17, 15) is 19.6 Å². The first-order chi connectivity index (χ1) is 16.8. The Kier molecular flexibility index (Phi) is 9.25. The lowest BCUT2D eigenvalue weighted by Crippen LogP contribution is -2.49. The number of nitrogens with one attached hydrogen (secondary N) is 2. The first-order valence-electron chi connectivity index (χ1n) is 12.0. The van der Waals surface area contributed by atoms with Gasteiger partial charge in [0.15, 0.2) is 0 Å². The molecule has 0 saturated heterocycles. The molecule has 0 radical (unpaired) electrons. The SMILES string of the molecule is COC(=O)[C@@H]1Cc2ccc(cc2)Oc2ccc(cc2)CCC[C@H](C(=O)NO)[C@@H](CC(C)C)C(=O)N1. The van der Waals surface area contributed by atoms with Crippen LogP contribution < -0.4 is 15.5 Å². The lowest BCUT2D eigenvalue weighted by Gasteiger charge is -2.28. The maximum atomic E-state index is 13.5. The van der Waals surface area contributed by atoms with Gasteiger partial charge in [0.05, 0.1) is 13.0 Å². The maximum Gasteiger partial charge on any atom is 0.328 e. The van der Waals surface area contributed by atoms with Crippen LogP contribution in [-0.2, 0) is 32.0 Å². The number of fused-ring (bicyclic) bond motifs is 2.